The summed E-state index contributed by atoms with van der Waals surface area (Å²) in [5, 5.41) is 11.5. The molecule has 1 N–H and O–H groups in total. The zero-order valence-electron chi connectivity index (χ0n) is 16.8. The number of nitrogens with zero attached hydrogens (tertiary/aromatic N) is 5. The van der Waals surface area contributed by atoms with E-state index in [1.54, 1.807) is 30.6 Å². The summed E-state index contributed by atoms with van der Waals surface area (Å²) in [6, 6.07) is 12.4. The number of hydrogen-bond donors (Lipinski definition) is 1. The van der Waals surface area contributed by atoms with Crippen molar-refractivity contribution in [2.45, 2.75) is 12.1 Å². The van der Waals surface area contributed by atoms with E-state index in [0.29, 0.717) is 40.4 Å². The van der Waals surface area contributed by atoms with Crippen molar-refractivity contribution >= 4 is 22.5 Å². The molecule has 1 aliphatic heterocycles. The summed E-state index contributed by atoms with van der Waals surface area (Å²) in [4.78, 5) is 29.1. The van der Waals surface area contributed by atoms with Crippen molar-refractivity contribution in [3.63, 3.8) is 0 Å². The van der Waals surface area contributed by atoms with Crippen LogP contribution in [0.25, 0.3) is 33.4 Å². The minimum absolute atomic E-state index is 0.202. The number of fused-ring (bicyclic) bond motifs is 1. The Kier molecular flexibility index (Phi) is 5.02. The summed E-state index contributed by atoms with van der Waals surface area (Å²) in [6.07, 6.45) is 4.28. The maximum atomic E-state index is 13.5. The molecule has 8 heteroatoms. The van der Waals surface area contributed by atoms with Gasteiger partial charge in [-0.15, -0.1) is 0 Å². The second kappa shape index (κ2) is 7.85. The van der Waals surface area contributed by atoms with E-state index < -0.39 is 6.10 Å². The van der Waals surface area contributed by atoms with Gasteiger partial charge in [-0.3, -0.25) is 14.3 Å². The Labute approximate surface area is 183 Å². The quantitative estimate of drug-likeness (QED) is 0.534. The van der Waals surface area contributed by atoms with E-state index in [9.17, 15) is 9.90 Å². The highest BCUT2D eigenvalue weighted by molar-refractivity contribution is 6.30. The van der Waals surface area contributed by atoms with Crippen LogP contribution in [0.5, 0.6) is 0 Å². The second-order valence-corrected chi connectivity index (χ2v) is 8.25. The van der Waals surface area contributed by atoms with E-state index in [2.05, 4.69) is 9.97 Å². The number of aliphatic hydroxyl groups excluding tert-OH is 1. The first-order valence-electron chi connectivity index (χ1n) is 9.96. The SMILES string of the molecule is CN1CC(O)C(n2cnc3c(-c4cccnc4)nc(-c4ccc(Cl)cc4)cc3c2=O)C1. The number of pyridine rings is 2. The third-order valence-electron chi connectivity index (χ3n) is 5.64. The van der Waals surface area contributed by atoms with Gasteiger partial charge in [-0.2, -0.15) is 0 Å². The maximum absolute atomic E-state index is 13.5. The molecule has 1 saturated heterocycles. The molecule has 0 spiro atoms. The van der Waals surface area contributed by atoms with Gasteiger partial charge >= 0.3 is 0 Å². The van der Waals surface area contributed by atoms with Gasteiger partial charge in [0.15, 0.2) is 0 Å². The predicted octanol–water partition coefficient (Wildman–Crippen LogP) is 3.02. The number of hydrogen-bond acceptors (Lipinski definition) is 6. The van der Waals surface area contributed by atoms with E-state index in [4.69, 9.17) is 16.6 Å². The summed E-state index contributed by atoms with van der Waals surface area (Å²) >= 11 is 6.05. The predicted molar refractivity (Wildman–Crippen MR) is 120 cm³/mol. The van der Waals surface area contributed by atoms with Crippen molar-refractivity contribution in [2.75, 3.05) is 20.1 Å². The Bertz CT molecular complexity index is 1310. The van der Waals surface area contributed by atoms with Gasteiger partial charge in [-0.1, -0.05) is 23.7 Å². The fraction of sp³-hybridized carbons (Fsp3) is 0.217. The highest BCUT2D eigenvalue weighted by Crippen LogP contribution is 2.29. The topological polar surface area (TPSA) is 84.1 Å². The molecule has 1 fully saturated rings. The Balaban J connectivity index is 1.76. The Morgan fingerprint density at radius 1 is 1.13 bits per heavy atom. The lowest BCUT2D eigenvalue weighted by Crippen LogP contribution is -2.32. The summed E-state index contributed by atoms with van der Waals surface area (Å²) in [7, 11) is 1.92. The molecular weight excluding hydrogens is 414 g/mol. The van der Waals surface area contributed by atoms with Crippen molar-refractivity contribution in [3.8, 4) is 22.5 Å². The lowest BCUT2D eigenvalue weighted by atomic mass is 10.1. The van der Waals surface area contributed by atoms with Crippen LogP contribution in [0.4, 0.5) is 0 Å². The number of likely N-dealkylation sites (N-methyl/N-ethyl adjacent to an activating group) is 1. The van der Waals surface area contributed by atoms with Crippen LogP contribution >= 0.6 is 11.6 Å². The van der Waals surface area contributed by atoms with Gasteiger partial charge in [0.2, 0.25) is 0 Å². The fourth-order valence-electron chi connectivity index (χ4n) is 4.08. The van der Waals surface area contributed by atoms with Crippen LogP contribution in [0.2, 0.25) is 5.02 Å². The van der Waals surface area contributed by atoms with Crippen LogP contribution in [0.15, 0.2) is 66.0 Å². The molecule has 4 heterocycles. The minimum atomic E-state index is -0.627. The fourth-order valence-corrected chi connectivity index (χ4v) is 4.21. The highest BCUT2D eigenvalue weighted by atomic mass is 35.5. The Morgan fingerprint density at radius 2 is 1.94 bits per heavy atom. The van der Waals surface area contributed by atoms with Crippen molar-refractivity contribution in [2.24, 2.45) is 0 Å². The standard InChI is InChI=1S/C23H20ClN5O2/c1-28-11-19(20(30)12-28)29-13-26-22-17(23(29)31)9-18(14-4-6-16(24)7-5-14)27-21(22)15-3-2-8-25-10-15/h2-10,13,19-20,30H,11-12H2,1H3. The van der Waals surface area contributed by atoms with Gasteiger partial charge in [-0.05, 0) is 37.4 Å². The molecule has 31 heavy (non-hydrogen) atoms. The third-order valence-corrected chi connectivity index (χ3v) is 5.89. The highest BCUT2D eigenvalue weighted by Gasteiger charge is 2.31. The molecule has 3 aromatic heterocycles. The number of β-amino-alcohol motifs (C(OH)–C–C–N with tert-alkyl or cyclic N) is 1. The van der Waals surface area contributed by atoms with Gasteiger partial charge in [0, 0.05) is 41.6 Å². The smallest absolute Gasteiger partial charge is 0.261 e. The number of aliphatic hydroxyl groups is 1. The monoisotopic (exact) mass is 433 g/mol. The molecule has 2 unspecified atom stereocenters. The summed E-state index contributed by atoms with van der Waals surface area (Å²) < 4.78 is 1.54. The average molecular weight is 434 g/mol. The lowest BCUT2D eigenvalue weighted by molar-refractivity contribution is 0.144. The number of aromatic nitrogens is 4. The maximum Gasteiger partial charge on any atom is 0.261 e. The molecule has 0 amide bonds. The molecule has 0 aliphatic carbocycles. The minimum Gasteiger partial charge on any atom is -0.390 e. The zero-order chi connectivity index (χ0) is 21.5. The molecule has 7 nitrogen and oxygen atoms in total. The number of halogens is 1. The molecule has 0 radical (unpaired) electrons. The van der Waals surface area contributed by atoms with Crippen LogP contribution in [0.1, 0.15) is 6.04 Å². The molecule has 1 aliphatic rings. The summed E-state index contributed by atoms with van der Waals surface area (Å²) in [5.41, 5.74) is 3.15. The largest absolute Gasteiger partial charge is 0.390 e. The normalized spacial score (nSPS) is 19.2. The summed E-state index contributed by atoms with van der Waals surface area (Å²) in [6.45, 7) is 1.10. The van der Waals surface area contributed by atoms with Crippen LogP contribution in [0, 0.1) is 0 Å². The Hall–Kier alpha value is -3.13. The summed E-state index contributed by atoms with van der Waals surface area (Å²) in [5.74, 6) is 0. The molecule has 2 atom stereocenters. The van der Waals surface area contributed by atoms with Crippen LogP contribution < -0.4 is 5.56 Å². The second-order valence-electron chi connectivity index (χ2n) is 7.81. The number of benzene rings is 1. The number of likely N-dealkylation sites (tertiary alicyclic amines) is 1. The van der Waals surface area contributed by atoms with Crippen molar-refractivity contribution < 1.29 is 5.11 Å². The third kappa shape index (κ3) is 3.61. The van der Waals surface area contributed by atoms with Crippen molar-refractivity contribution in [1.29, 1.82) is 0 Å². The first-order valence-corrected chi connectivity index (χ1v) is 10.3. The first-order chi connectivity index (χ1) is 15.0. The van der Waals surface area contributed by atoms with Crippen molar-refractivity contribution in [1.82, 2.24) is 24.4 Å². The van der Waals surface area contributed by atoms with E-state index in [1.165, 1.54) is 10.9 Å². The van der Waals surface area contributed by atoms with Crippen LogP contribution in [-0.2, 0) is 0 Å². The van der Waals surface area contributed by atoms with Gasteiger partial charge in [-0.25, -0.2) is 9.97 Å². The van der Waals surface area contributed by atoms with Crippen molar-refractivity contribution in [3.05, 3.63) is 76.6 Å². The van der Waals surface area contributed by atoms with Gasteiger partial charge in [0.05, 0.1) is 35.2 Å². The Morgan fingerprint density at radius 3 is 2.61 bits per heavy atom. The van der Waals surface area contributed by atoms with Gasteiger partial charge in [0.1, 0.15) is 5.52 Å². The van der Waals surface area contributed by atoms with E-state index in [1.807, 2.05) is 36.2 Å². The lowest BCUT2D eigenvalue weighted by Gasteiger charge is -2.18. The van der Waals surface area contributed by atoms with E-state index in [0.717, 1.165) is 11.1 Å². The van der Waals surface area contributed by atoms with Gasteiger partial charge < -0.3 is 10.0 Å². The first kappa shape index (κ1) is 19.8. The molecule has 5 rings (SSSR count). The molecular formula is C23H20ClN5O2. The number of rotatable bonds is 3. The van der Waals surface area contributed by atoms with E-state index >= 15 is 0 Å². The van der Waals surface area contributed by atoms with Gasteiger partial charge in [0.25, 0.3) is 5.56 Å². The molecule has 4 aromatic rings. The zero-order valence-corrected chi connectivity index (χ0v) is 17.6. The molecule has 0 bridgehead atoms. The van der Waals surface area contributed by atoms with Crippen LogP contribution in [-0.4, -0.2) is 55.8 Å². The van der Waals surface area contributed by atoms with E-state index in [-0.39, 0.29) is 11.6 Å². The molecule has 1 aromatic carbocycles. The van der Waals surface area contributed by atoms with Crippen LogP contribution in [0.3, 0.4) is 0 Å². The molecule has 0 saturated carbocycles. The average Bonchev–Trinajstić information content (AvgIpc) is 3.12. The molecule has 156 valence electrons.